The summed E-state index contributed by atoms with van der Waals surface area (Å²) < 4.78 is 10.0. The summed E-state index contributed by atoms with van der Waals surface area (Å²) in [5.41, 5.74) is -1.60. The first kappa shape index (κ1) is 17.3. The SMILES string of the molecule is CCOC(=O)CNC(=O)c1c(O)c2cc(Cl)cc(Br)c2oc1=O. The van der Waals surface area contributed by atoms with E-state index in [-0.39, 0.29) is 22.6 Å². The first-order valence-corrected chi connectivity index (χ1v) is 7.60. The van der Waals surface area contributed by atoms with Crippen molar-refractivity contribution in [3.8, 4) is 5.75 Å². The molecule has 122 valence electrons. The van der Waals surface area contributed by atoms with Crippen LogP contribution in [0.2, 0.25) is 5.02 Å². The first-order valence-electron chi connectivity index (χ1n) is 6.43. The summed E-state index contributed by atoms with van der Waals surface area (Å²) in [6, 6.07) is 2.83. The van der Waals surface area contributed by atoms with Crippen molar-refractivity contribution in [2.75, 3.05) is 13.2 Å². The van der Waals surface area contributed by atoms with Gasteiger partial charge in [-0.25, -0.2) is 4.79 Å². The molecule has 0 bridgehead atoms. The number of hydrogen-bond acceptors (Lipinski definition) is 6. The fourth-order valence-corrected chi connectivity index (χ4v) is 2.76. The number of aromatic hydroxyl groups is 1. The Bertz CT molecular complexity index is 847. The fourth-order valence-electron chi connectivity index (χ4n) is 1.87. The quantitative estimate of drug-likeness (QED) is 0.598. The molecule has 2 N–H and O–H groups in total. The van der Waals surface area contributed by atoms with Gasteiger partial charge in [-0.2, -0.15) is 0 Å². The highest BCUT2D eigenvalue weighted by atomic mass is 79.9. The Morgan fingerprint density at radius 3 is 2.78 bits per heavy atom. The Morgan fingerprint density at radius 2 is 2.13 bits per heavy atom. The second-order valence-corrected chi connectivity index (χ2v) is 5.66. The van der Waals surface area contributed by atoms with Crippen LogP contribution in [0.5, 0.6) is 5.75 Å². The molecule has 9 heteroatoms. The maximum absolute atomic E-state index is 12.0. The molecule has 1 aromatic carbocycles. The zero-order valence-electron chi connectivity index (χ0n) is 11.8. The third-order valence-electron chi connectivity index (χ3n) is 2.82. The number of ether oxygens (including phenoxy) is 1. The largest absolute Gasteiger partial charge is 0.506 e. The standard InChI is InChI=1S/C14H11BrClNO6/c1-2-22-9(18)5-17-13(20)10-11(19)7-3-6(16)4-8(15)12(7)23-14(10)21/h3-4,19H,2,5H2,1H3,(H,17,20). The highest BCUT2D eigenvalue weighted by molar-refractivity contribution is 9.10. The average molecular weight is 405 g/mol. The van der Waals surface area contributed by atoms with Gasteiger partial charge in [0, 0.05) is 5.02 Å². The molecule has 1 heterocycles. The van der Waals surface area contributed by atoms with E-state index in [1.54, 1.807) is 6.92 Å². The Morgan fingerprint density at radius 1 is 1.43 bits per heavy atom. The zero-order valence-corrected chi connectivity index (χ0v) is 14.2. The maximum atomic E-state index is 12.0. The Labute approximate surface area is 143 Å². The highest BCUT2D eigenvalue weighted by Gasteiger charge is 2.22. The Kier molecular flexibility index (Phi) is 5.27. The zero-order chi connectivity index (χ0) is 17.1. The molecule has 0 unspecified atom stereocenters. The number of hydrogen-bond donors (Lipinski definition) is 2. The van der Waals surface area contributed by atoms with E-state index in [0.717, 1.165) is 0 Å². The van der Waals surface area contributed by atoms with Crippen molar-refractivity contribution < 1.29 is 23.8 Å². The van der Waals surface area contributed by atoms with Crippen molar-refractivity contribution in [1.29, 1.82) is 0 Å². The van der Waals surface area contributed by atoms with Gasteiger partial charge in [-0.1, -0.05) is 11.6 Å². The minimum absolute atomic E-state index is 0.0545. The summed E-state index contributed by atoms with van der Waals surface area (Å²) in [5.74, 6) is -2.21. The van der Waals surface area contributed by atoms with Crippen LogP contribution in [0.3, 0.4) is 0 Å². The Balaban J connectivity index is 2.43. The number of rotatable bonds is 4. The molecule has 0 spiro atoms. The van der Waals surface area contributed by atoms with Crippen molar-refractivity contribution in [3.63, 3.8) is 0 Å². The van der Waals surface area contributed by atoms with Crippen molar-refractivity contribution >= 4 is 50.4 Å². The van der Waals surface area contributed by atoms with E-state index >= 15 is 0 Å². The lowest BCUT2D eigenvalue weighted by molar-refractivity contribution is -0.141. The van der Waals surface area contributed by atoms with Crippen LogP contribution in [0.15, 0.2) is 25.8 Å². The number of benzene rings is 1. The van der Waals surface area contributed by atoms with Crippen molar-refractivity contribution in [1.82, 2.24) is 5.32 Å². The molecule has 1 aromatic heterocycles. The molecular weight excluding hydrogens is 394 g/mol. The highest BCUT2D eigenvalue weighted by Crippen LogP contribution is 2.33. The lowest BCUT2D eigenvalue weighted by atomic mass is 10.1. The van der Waals surface area contributed by atoms with E-state index in [1.165, 1.54) is 12.1 Å². The summed E-state index contributed by atoms with van der Waals surface area (Å²) in [6.45, 7) is 1.33. The molecule has 0 aliphatic heterocycles. The topological polar surface area (TPSA) is 106 Å². The number of carbonyl (C=O) groups is 2. The van der Waals surface area contributed by atoms with Crippen molar-refractivity contribution in [2.24, 2.45) is 0 Å². The second kappa shape index (κ2) is 7.01. The smallest absolute Gasteiger partial charge is 0.353 e. The van der Waals surface area contributed by atoms with Gasteiger partial charge in [-0.05, 0) is 35.0 Å². The number of nitrogens with one attached hydrogen (secondary N) is 1. The van der Waals surface area contributed by atoms with Gasteiger partial charge >= 0.3 is 11.6 Å². The molecule has 0 radical (unpaired) electrons. The van der Waals surface area contributed by atoms with Crippen LogP contribution in [0.25, 0.3) is 11.0 Å². The predicted octanol–water partition coefficient (Wildman–Crippen LogP) is 2.21. The van der Waals surface area contributed by atoms with Crippen molar-refractivity contribution in [2.45, 2.75) is 6.92 Å². The van der Waals surface area contributed by atoms with Crippen LogP contribution in [0.1, 0.15) is 17.3 Å². The first-order chi connectivity index (χ1) is 10.8. The van der Waals surface area contributed by atoms with Gasteiger partial charge in [0.1, 0.15) is 12.3 Å². The fraction of sp³-hybridized carbons (Fsp3) is 0.214. The second-order valence-electron chi connectivity index (χ2n) is 4.37. The lowest BCUT2D eigenvalue weighted by Crippen LogP contribution is -2.33. The molecule has 0 aliphatic carbocycles. The third-order valence-corrected chi connectivity index (χ3v) is 3.63. The molecule has 0 fully saturated rings. The number of fused-ring (bicyclic) bond motifs is 1. The molecule has 23 heavy (non-hydrogen) atoms. The van der Waals surface area contributed by atoms with Gasteiger partial charge < -0.3 is 19.6 Å². The number of halogens is 2. The summed E-state index contributed by atoms with van der Waals surface area (Å²) in [7, 11) is 0. The maximum Gasteiger partial charge on any atom is 0.353 e. The monoisotopic (exact) mass is 403 g/mol. The van der Waals surface area contributed by atoms with Crippen LogP contribution in [0.4, 0.5) is 0 Å². The van der Waals surface area contributed by atoms with Gasteiger partial charge in [0.15, 0.2) is 11.1 Å². The van der Waals surface area contributed by atoms with E-state index in [9.17, 15) is 19.5 Å². The van der Waals surface area contributed by atoms with Crippen LogP contribution < -0.4 is 10.9 Å². The van der Waals surface area contributed by atoms with E-state index in [4.69, 9.17) is 16.0 Å². The van der Waals surface area contributed by atoms with Gasteiger partial charge in [0.25, 0.3) is 5.91 Å². The van der Waals surface area contributed by atoms with Gasteiger partial charge in [0.2, 0.25) is 0 Å². The summed E-state index contributed by atoms with van der Waals surface area (Å²) >= 11 is 9.04. The van der Waals surface area contributed by atoms with Gasteiger partial charge in [-0.3, -0.25) is 9.59 Å². The molecule has 1 amide bonds. The molecule has 0 atom stereocenters. The van der Waals surface area contributed by atoms with Crippen LogP contribution in [0, 0.1) is 0 Å². The summed E-state index contributed by atoms with van der Waals surface area (Å²) in [4.78, 5) is 35.2. The lowest BCUT2D eigenvalue weighted by Gasteiger charge is -2.08. The van der Waals surface area contributed by atoms with Gasteiger partial charge in [-0.15, -0.1) is 0 Å². The van der Waals surface area contributed by atoms with Crippen molar-refractivity contribution in [3.05, 3.63) is 37.6 Å². The van der Waals surface area contributed by atoms with E-state index in [0.29, 0.717) is 4.47 Å². The molecule has 0 saturated carbocycles. The van der Waals surface area contributed by atoms with E-state index < -0.39 is 35.4 Å². The summed E-state index contributed by atoms with van der Waals surface area (Å²) in [6.07, 6.45) is 0. The van der Waals surface area contributed by atoms with Gasteiger partial charge in [0.05, 0.1) is 16.5 Å². The van der Waals surface area contributed by atoms with Crippen LogP contribution in [-0.4, -0.2) is 30.1 Å². The minimum atomic E-state index is -1.04. The predicted molar refractivity (Wildman–Crippen MR) is 85.8 cm³/mol. The molecule has 2 aromatic rings. The van der Waals surface area contributed by atoms with Crippen LogP contribution in [-0.2, 0) is 9.53 Å². The molecule has 0 aliphatic rings. The minimum Gasteiger partial charge on any atom is -0.506 e. The normalized spacial score (nSPS) is 10.6. The molecule has 0 saturated heterocycles. The Hall–Kier alpha value is -2.06. The number of esters is 1. The molecule has 2 rings (SSSR count). The number of carbonyl (C=O) groups excluding carboxylic acids is 2. The van der Waals surface area contributed by atoms with Crippen LogP contribution >= 0.6 is 27.5 Å². The summed E-state index contributed by atoms with van der Waals surface area (Å²) in [5, 5.41) is 12.7. The third kappa shape index (κ3) is 3.65. The van der Waals surface area contributed by atoms with E-state index in [2.05, 4.69) is 26.0 Å². The number of amides is 1. The average Bonchev–Trinajstić information content (AvgIpc) is 2.47. The molecule has 7 nitrogen and oxygen atoms in total. The van der Waals surface area contributed by atoms with E-state index in [1.807, 2.05) is 0 Å². The molecular formula is C14H11BrClNO6.